The van der Waals surface area contributed by atoms with Crippen LogP contribution in [0.25, 0.3) is 0 Å². The summed E-state index contributed by atoms with van der Waals surface area (Å²) in [7, 11) is 0. The van der Waals surface area contributed by atoms with Crippen LogP contribution in [0.15, 0.2) is 42.6 Å². The molecule has 9 heteroatoms. The molecule has 2 atom stereocenters. The molecule has 4 rings (SSSR count). The average molecular weight is 398 g/mol. The van der Waals surface area contributed by atoms with Gasteiger partial charge in [-0.05, 0) is 36.4 Å². The lowest BCUT2D eigenvalue weighted by molar-refractivity contribution is -0.137. The summed E-state index contributed by atoms with van der Waals surface area (Å²) in [4.78, 5) is 5.47. The zero-order chi connectivity index (χ0) is 19.7. The minimum atomic E-state index is -4.48. The molecule has 150 valence electrons. The Balaban J connectivity index is 1.40. The number of anilines is 1. The van der Waals surface area contributed by atoms with Gasteiger partial charge in [-0.2, -0.15) is 13.2 Å². The van der Waals surface area contributed by atoms with Crippen molar-refractivity contribution in [1.29, 1.82) is 0 Å². The number of benzene rings is 1. The maximum Gasteiger partial charge on any atom is 0.419 e. The second-order valence-corrected chi connectivity index (χ2v) is 6.71. The van der Waals surface area contributed by atoms with Crippen molar-refractivity contribution in [1.82, 2.24) is 4.98 Å². The predicted octanol–water partition coefficient (Wildman–Crippen LogP) is 3.29. The van der Waals surface area contributed by atoms with Crippen molar-refractivity contribution in [2.24, 2.45) is 0 Å². The number of hydrogen-bond donors (Lipinski definition) is 0. The first-order valence-corrected chi connectivity index (χ1v) is 8.83. The van der Waals surface area contributed by atoms with Gasteiger partial charge in [0.15, 0.2) is 0 Å². The van der Waals surface area contributed by atoms with Gasteiger partial charge in [0.05, 0.1) is 18.8 Å². The van der Waals surface area contributed by atoms with Gasteiger partial charge >= 0.3 is 6.18 Å². The number of ether oxygens (including phenoxy) is 3. The molecule has 1 aromatic carbocycles. The highest BCUT2D eigenvalue weighted by molar-refractivity contribution is 5.50. The summed E-state index contributed by atoms with van der Waals surface area (Å²) in [5.74, 6) is 0.0214. The number of pyridine rings is 1. The third-order valence-corrected chi connectivity index (χ3v) is 4.72. The van der Waals surface area contributed by atoms with Crippen molar-refractivity contribution in [2.45, 2.75) is 24.5 Å². The molecular formula is C19H18F4N2O3. The van der Waals surface area contributed by atoms with Crippen LogP contribution in [0.1, 0.15) is 5.56 Å². The van der Waals surface area contributed by atoms with Gasteiger partial charge in [-0.25, -0.2) is 9.37 Å². The summed E-state index contributed by atoms with van der Waals surface area (Å²) in [5.41, 5.74) is -0.774. The first kappa shape index (κ1) is 18.9. The first-order chi connectivity index (χ1) is 13.4. The van der Waals surface area contributed by atoms with Crippen molar-refractivity contribution >= 4 is 5.82 Å². The predicted molar refractivity (Wildman–Crippen MR) is 91.7 cm³/mol. The van der Waals surface area contributed by atoms with Crippen LogP contribution in [-0.4, -0.2) is 49.6 Å². The van der Waals surface area contributed by atoms with Crippen LogP contribution in [0.4, 0.5) is 23.4 Å². The first-order valence-electron chi connectivity index (χ1n) is 8.83. The summed E-state index contributed by atoms with van der Waals surface area (Å²) >= 11 is 0. The second-order valence-electron chi connectivity index (χ2n) is 6.71. The molecule has 2 aliphatic heterocycles. The van der Waals surface area contributed by atoms with Crippen LogP contribution in [0.2, 0.25) is 0 Å². The monoisotopic (exact) mass is 398 g/mol. The Labute approximate surface area is 158 Å². The normalized spacial score (nSPS) is 23.4. The minimum Gasteiger partial charge on any atom is -0.486 e. The largest absolute Gasteiger partial charge is 0.486 e. The van der Waals surface area contributed by atoms with Gasteiger partial charge in [0, 0.05) is 19.3 Å². The standard InChI is InChI=1S/C19H18F4N2O3/c20-12-3-5-13(6-4-12)28-14-10-26-16-8-25(9-17(16)27-11-14)18-15(19(21,22)23)2-1-7-24-18/h1-7,14,16-17H,8-11H2/t16-,17-/m0/s1. The van der Waals surface area contributed by atoms with E-state index < -0.39 is 11.7 Å². The van der Waals surface area contributed by atoms with E-state index in [0.29, 0.717) is 5.75 Å². The molecule has 1 aromatic heterocycles. The molecule has 0 aliphatic carbocycles. The molecule has 3 heterocycles. The number of halogens is 4. The van der Waals surface area contributed by atoms with Crippen LogP contribution < -0.4 is 9.64 Å². The van der Waals surface area contributed by atoms with Crippen LogP contribution in [0.3, 0.4) is 0 Å². The second kappa shape index (κ2) is 7.56. The van der Waals surface area contributed by atoms with Gasteiger partial charge in [0.25, 0.3) is 0 Å². The Bertz CT molecular complexity index is 800. The van der Waals surface area contributed by atoms with Gasteiger partial charge in [-0.15, -0.1) is 0 Å². The van der Waals surface area contributed by atoms with Gasteiger partial charge in [-0.1, -0.05) is 0 Å². The number of alkyl halides is 3. The average Bonchev–Trinajstić information content (AvgIpc) is 2.99. The molecule has 0 unspecified atom stereocenters. The number of rotatable bonds is 3. The van der Waals surface area contributed by atoms with Crippen molar-refractivity contribution < 1.29 is 31.8 Å². The molecule has 5 nitrogen and oxygen atoms in total. The summed E-state index contributed by atoms with van der Waals surface area (Å²) in [5, 5.41) is 0. The quantitative estimate of drug-likeness (QED) is 0.743. The zero-order valence-corrected chi connectivity index (χ0v) is 14.7. The smallest absolute Gasteiger partial charge is 0.419 e. The Morgan fingerprint density at radius 2 is 1.64 bits per heavy atom. The zero-order valence-electron chi connectivity index (χ0n) is 14.7. The molecule has 0 bridgehead atoms. The number of hydrogen-bond acceptors (Lipinski definition) is 5. The Kier molecular flexibility index (Phi) is 5.11. The van der Waals surface area contributed by atoms with Gasteiger partial charge < -0.3 is 19.1 Å². The van der Waals surface area contributed by atoms with Crippen molar-refractivity contribution in [3.05, 3.63) is 54.0 Å². The topological polar surface area (TPSA) is 43.8 Å². The Hall–Kier alpha value is -2.39. The van der Waals surface area contributed by atoms with Gasteiger partial charge in [0.1, 0.15) is 35.7 Å². The number of nitrogens with zero attached hydrogens (tertiary/aromatic N) is 2. The molecule has 0 saturated carbocycles. The van der Waals surface area contributed by atoms with Crippen molar-refractivity contribution in [2.75, 3.05) is 31.2 Å². The van der Waals surface area contributed by atoms with E-state index in [1.807, 2.05) is 0 Å². The Morgan fingerprint density at radius 1 is 1.00 bits per heavy atom. The molecule has 2 fully saturated rings. The van der Waals surface area contributed by atoms with Crippen LogP contribution in [-0.2, 0) is 15.7 Å². The molecule has 0 spiro atoms. The van der Waals surface area contributed by atoms with E-state index in [1.54, 1.807) is 4.90 Å². The van der Waals surface area contributed by atoms with E-state index >= 15 is 0 Å². The number of fused-ring (bicyclic) bond motifs is 1. The molecule has 0 radical (unpaired) electrons. The van der Waals surface area contributed by atoms with E-state index in [0.717, 1.165) is 6.07 Å². The number of aromatic nitrogens is 1. The van der Waals surface area contributed by atoms with E-state index in [9.17, 15) is 17.6 Å². The molecule has 0 N–H and O–H groups in total. The van der Waals surface area contributed by atoms with Gasteiger partial charge in [-0.3, -0.25) is 0 Å². The summed E-state index contributed by atoms with van der Waals surface area (Å²) in [6, 6.07) is 7.91. The molecule has 2 aliphatic rings. The highest BCUT2D eigenvalue weighted by Gasteiger charge is 2.42. The van der Waals surface area contributed by atoms with Crippen LogP contribution in [0.5, 0.6) is 5.75 Å². The summed E-state index contributed by atoms with van der Waals surface area (Å²) in [6.45, 7) is 0.934. The Morgan fingerprint density at radius 3 is 2.25 bits per heavy atom. The highest BCUT2D eigenvalue weighted by Crippen LogP contribution is 2.37. The van der Waals surface area contributed by atoms with E-state index in [2.05, 4.69) is 4.98 Å². The highest BCUT2D eigenvalue weighted by atomic mass is 19.4. The van der Waals surface area contributed by atoms with Gasteiger partial charge in [0.2, 0.25) is 0 Å². The summed E-state index contributed by atoms with van der Waals surface area (Å²) in [6.07, 6.45) is -4.29. The van der Waals surface area contributed by atoms with E-state index in [4.69, 9.17) is 14.2 Å². The van der Waals surface area contributed by atoms with Crippen molar-refractivity contribution in [3.8, 4) is 5.75 Å². The maximum absolute atomic E-state index is 13.3. The SMILES string of the molecule is Fc1ccc(OC2CO[C@H]3CN(c4ncccc4C(F)(F)F)C[C@@H]3OC2)cc1. The lowest BCUT2D eigenvalue weighted by Gasteiger charge is -2.22. The minimum absolute atomic E-state index is 0.116. The fourth-order valence-corrected chi connectivity index (χ4v) is 3.39. The molecule has 2 aromatic rings. The lowest BCUT2D eigenvalue weighted by Crippen LogP contribution is -2.30. The fourth-order valence-electron chi connectivity index (χ4n) is 3.39. The third-order valence-electron chi connectivity index (χ3n) is 4.72. The van der Waals surface area contributed by atoms with Crippen molar-refractivity contribution in [3.63, 3.8) is 0 Å². The molecule has 2 saturated heterocycles. The molecule has 28 heavy (non-hydrogen) atoms. The third kappa shape index (κ3) is 4.05. The van der Waals surface area contributed by atoms with Crippen LogP contribution in [0, 0.1) is 5.82 Å². The lowest BCUT2D eigenvalue weighted by atomic mass is 10.2. The summed E-state index contributed by atoms with van der Waals surface area (Å²) < 4.78 is 70.1. The molecule has 0 amide bonds. The fraction of sp³-hybridized carbons (Fsp3) is 0.421. The van der Waals surface area contributed by atoms with E-state index in [-0.39, 0.29) is 56.3 Å². The molecular weight excluding hydrogens is 380 g/mol. The van der Waals surface area contributed by atoms with Crippen LogP contribution >= 0.6 is 0 Å². The van der Waals surface area contributed by atoms with E-state index in [1.165, 1.54) is 36.5 Å². The maximum atomic E-state index is 13.3.